The van der Waals surface area contributed by atoms with E-state index < -0.39 is 6.36 Å². The second kappa shape index (κ2) is 6.49. The number of guanidine groups is 1. The van der Waals surface area contributed by atoms with Crippen LogP contribution in [0.2, 0.25) is 0 Å². The SMILES string of the molecule is CN(C)C(N(C)C)=[N+](C)C.[O-]C(F)(F)F. The third-order valence-electron chi connectivity index (χ3n) is 1.20. The molecule has 0 radical (unpaired) electrons. The molecule has 0 heterocycles. The summed E-state index contributed by atoms with van der Waals surface area (Å²) in [5, 5.41) is 8.10. The van der Waals surface area contributed by atoms with Gasteiger partial charge < -0.3 is 5.11 Å². The molecule has 0 aliphatic heterocycles. The predicted molar refractivity (Wildman–Crippen MR) is 50.5 cm³/mol. The number of halogens is 3. The highest BCUT2D eigenvalue weighted by Crippen LogP contribution is 2.01. The lowest BCUT2D eigenvalue weighted by atomic mass is 10.7. The van der Waals surface area contributed by atoms with Gasteiger partial charge >= 0.3 is 12.3 Å². The first-order chi connectivity index (χ1) is 6.46. The molecule has 0 unspecified atom stereocenters. The molecule has 15 heavy (non-hydrogen) atoms. The highest BCUT2D eigenvalue weighted by Gasteiger charge is 2.12. The summed E-state index contributed by atoms with van der Waals surface area (Å²) in [7, 11) is 12.2. The van der Waals surface area contributed by atoms with Gasteiger partial charge in [0.15, 0.2) is 0 Å². The van der Waals surface area contributed by atoms with Crippen LogP contribution in [0, 0.1) is 0 Å². The molecule has 92 valence electrons. The zero-order chi connectivity index (χ0) is 12.8. The van der Waals surface area contributed by atoms with Crippen LogP contribution in [0.15, 0.2) is 0 Å². The fourth-order valence-electron chi connectivity index (χ4n) is 1.20. The lowest BCUT2D eigenvalue weighted by Gasteiger charge is -2.16. The molecule has 0 aliphatic rings. The van der Waals surface area contributed by atoms with Crippen molar-refractivity contribution in [2.75, 3.05) is 42.3 Å². The average Bonchev–Trinajstić information content (AvgIpc) is 1.77. The van der Waals surface area contributed by atoms with E-state index in [9.17, 15) is 13.2 Å². The van der Waals surface area contributed by atoms with Gasteiger partial charge in [-0.15, -0.1) is 0 Å². The molecule has 0 N–H and O–H groups in total. The minimum absolute atomic E-state index is 1.19. The van der Waals surface area contributed by atoms with Crippen molar-refractivity contribution in [3.8, 4) is 0 Å². The lowest BCUT2D eigenvalue weighted by molar-refractivity contribution is -0.618. The van der Waals surface area contributed by atoms with Crippen molar-refractivity contribution < 1.29 is 22.9 Å². The van der Waals surface area contributed by atoms with Gasteiger partial charge in [-0.25, -0.2) is 0 Å². The average molecular weight is 229 g/mol. The van der Waals surface area contributed by atoms with E-state index >= 15 is 0 Å². The minimum Gasteiger partial charge on any atom is -0.771 e. The maximum Gasteiger partial charge on any atom is 0.349 e. The van der Waals surface area contributed by atoms with Gasteiger partial charge in [-0.1, -0.05) is 0 Å². The fourth-order valence-corrected chi connectivity index (χ4v) is 1.20. The molecule has 4 nitrogen and oxygen atoms in total. The second-order valence-corrected chi connectivity index (χ2v) is 3.43. The van der Waals surface area contributed by atoms with Crippen LogP contribution >= 0.6 is 0 Å². The number of alkyl halides is 3. The minimum atomic E-state index is -5.25. The Balaban J connectivity index is 0. The van der Waals surface area contributed by atoms with E-state index in [1.165, 1.54) is 5.96 Å². The Morgan fingerprint density at radius 3 is 1.20 bits per heavy atom. The van der Waals surface area contributed by atoms with Gasteiger partial charge in [0.2, 0.25) is 0 Å². The van der Waals surface area contributed by atoms with E-state index in [1.54, 1.807) is 0 Å². The normalized spacial score (nSPS) is 10.0. The maximum absolute atomic E-state index is 9.80. The van der Waals surface area contributed by atoms with Gasteiger partial charge in [-0.05, 0) is 0 Å². The zero-order valence-corrected chi connectivity index (χ0v) is 9.88. The van der Waals surface area contributed by atoms with Crippen LogP contribution in [0.3, 0.4) is 0 Å². The predicted octanol–water partition coefficient (Wildman–Crippen LogP) is -0.396. The van der Waals surface area contributed by atoms with Gasteiger partial charge in [-0.3, -0.25) is 14.4 Å². The standard InChI is InChI=1S/C7H18N3.CF3O/c1-8(2)7(9(3)4)10(5)6;2-1(3,4)5/h1-6H3;/q+1;-1. The van der Waals surface area contributed by atoms with Crippen molar-refractivity contribution in [1.29, 1.82) is 0 Å². The molecule has 0 aromatic heterocycles. The molecule has 0 rings (SSSR count). The van der Waals surface area contributed by atoms with E-state index in [2.05, 4.69) is 14.4 Å². The van der Waals surface area contributed by atoms with E-state index in [0.29, 0.717) is 0 Å². The van der Waals surface area contributed by atoms with E-state index in [4.69, 9.17) is 5.11 Å². The summed E-state index contributed by atoms with van der Waals surface area (Å²) < 4.78 is 31.5. The summed E-state index contributed by atoms with van der Waals surface area (Å²) in [6.07, 6.45) is -5.25. The quantitative estimate of drug-likeness (QED) is 0.322. The summed E-state index contributed by atoms with van der Waals surface area (Å²) >= 11 is 0. The number of nitrogens with zero attached hydrogens (tertiary/aromatic N) is 3. The van der Waals surface area contributed by atoms with Crippen LogP contribution in [0.4, 0.5) is 13.2 Å². The van der Waals surface area contributed by atoms with Crippen molar-refractivity contribution in [1.82, 2.24) is 9.80 Å². The molecule has 0 spiro atoms. The third kappa shape index (κ3) is 13.0. The van der Waals surface area contributed by atoms with Crippen LogP contribution in [0.1, 0.15) is 0 Å². The van der Waals surface area contributed by atoms with Crippen LogP contribution < -0.4 is 5.11 Å². The van der Waals surface area contributed by atoms with Crippen LogP contribution in [-0.2, 0) is 0 Å². The van der Waals surface area contributed by atoms with Crippen molar-refractivity contribution in [3.63, 3.8) is 0 Å². The van der Waals surface area contributed by atoms with Gasteiger partial charge in [0.25, 0.3) is 0 Å². The molecule has 0 saturated carbocycles. The third-order valence-corrected chi connectivity index (χ3v) is 1.20. The summed E-state index contributed by atoms with van der Waals surface area (Å²) in [5.74, 6) is 1.19. The number of hydrogen-bond acceptors (Lipinski definition) is 1. The monoisotopic (exact) mass is 229 g/mol. The van der Waals surface area contributed by atoms with Crippen molar-refractivity contribution in [2.24, 2.45) is 0 Å². The molecule has 0 atom stereocenters. The smallest absolute Gasteiger partial charge is 0.349 e. The molecule has 0 aromatic rings. The van der Waals surface area contributed by atoms with Gasteiger partial charge in [0, 0.05) is 0 Å². The molecular weight excluding hydrogens is 211 g/mol. The van der Waals surface area contributed by atoms with Gasteiger partial charge in [-0.2, -0.15) is 13.2 Å². The van der Waals surface area contributed by atoms with Crippen LogP contribution in [0.5, 0.6) is 0 Å². The first kappa shape index (κ1) is 16.4. The fraction of sp³-hybridized carbons (Fsp3) is 0.875. The molecule has 0 aromatic carbocycles. The van der Waals surface area contributed by atoms with Gasteiger partial charge in [0.05, 0.1) is 42.3 Å². The topological polar surface area (TPSA) is 32.5 Å². The zero-order valence-electron chi connectivity index (χ0n) is 9.88. The van der Waals surface area contributed by atoms with Gasteiger partial charge in [0.1, 0.15) is 0 Å². The summed E-state index contributed by atoms with van der Waals surface area (Å²) in [5.41, 5.74) is 0. The Morgan fingerprint density at radius 1 is 1.00 bits per heavy atom. The Hall–Kier alpha value is -0.980. The number of rotatable bonds is 0. The first-order valence-electron chi connectivity index (χ1n) is 4.13. The number of hydrogen-bond donors (Lipinski definition) is 0. The second-order valence-electron chi connectivity index (χ2n) is 3.43. The Labute approximate surface area is 88.2 Å². The highest BCUT2D eigenvalue weighted by atomic mass is 19.4. The van der Waals surface area contributed by atoms with E-state index in [0.717, 1.165) is 0 Å². The molecule has 0 saturated heterocycles. The molecule has 0 amide bonds. The molecule has 7 heteroatoms. The van der Waals surface area contributed by atoms with Crippen LogP contribution in [-0.4, -0.2) is 69.0 Å². The molecule has 0 aliphatic carbocycles. The molecular formula is C8H18F3N3O. The molecule has 0 bridgehead atoms. The van der Waals surface area contributed by atoms with Crippen molar-refractivity contribution in [2.45, 2.75) is 6.36 Å². The Kier molecular flexibility index (Phi) is 7.12. The Morgan fingerprint density at radius 2 is 1.20 bits per heavy atom. The largest absolute Gasteiger partial charge is 0.771 e. The summed E-state index contributed by atoms with van der Waals surface area (Å²) in [4.78, 5) is 4.17. The van der Waals surface area contributed by atoms with Crippen LogP contribution in [0.25, 0.3) is 0 Å². The summed E-state index contributed by atoms with van der Waals surface area (Å²) in [6.45, 7) is 0. The Bertz CT molecular complexity index is 192. The highest BCUT2D eigenvalue weighted by molar-refractivity contribution is 5.73. The first-order valence-corrected chi connectivity index (χ1v) is 4.13. The maximum atomic E-state index is 9.80. The van der Waals surface area contributed by atoms with E-state index in [1.807, 2.05) is 42.3 Å². The molecule has 0 fully saturated rings. The van der Waals surface area contributed by atoms with Crippen molar-refractivity contribution in [3.05, 3.63) is 0 Å². The summed E-state index contributed by atoms with van der Waals surface area (Å²) in [6, 6.07) is 0. The van der Waals surface area contributed by atoms with E-state index in [-0.39, 0.29) is 0 Å². The van der Waals surface area contributed by atoms with Crippen molar-refractivity contribution >= 4 is 5.96 Å². The lowest BCUT2D eigenvalue weighted by Crippen LogP contribution is -2.40.